The summed E-state index contributed by atoms with van der Waals surface area (Å²) in [6.07, 6.45) is 6.82. The van der Waals surface area contributed by atoms with Crippen LogP contribution in [0.3, 0.4) is 0 Å². The smallest absolute Gasteiger partial charge is 0.0945 e. The topological polar surface area (TPSA) is 29.9 Å². The molecule has 0 atom stereocenters. The normalized spacial score (nSPS) is 11.8. The molecule has 0 spiro atoms. The molecule has 1 aromatic carbocycles. The molecule has 0 radical (unpaired) electrons. The number of nitrogens with zero attached hydrogens (tertiary/aromatic N) is 2. The molecule has 0 aliphatic heterocycles. The van der Waals surface area contributed by atoms with Crippen molar-refractivity contribution in [1.29, 1.82) is 0 Å². The Morgan fingerprint density at radius 2 is 1.90 bits per heavy atom. The van der Waals surface area contributed by atoms with Gasteiger partial charge in [0.15, 0.2) is 0 Å². The molecule has 3 nitrogen and oxygen atoms in total. The van der Waals surface area contributed by atoms with E-state index >= 15 is 0 Å². The van der Waals surface area contributed by atoms with Gasteiger partial charge in [-0.1, -0.05) is 45.0 Å². The lowest BCUT2D eigenvalue weighted by Gasteiger charge is -2.19. The van der Waals surface area contributed by atoms with Gasteiger partial charge in [0.25, 0.3) is 0 Å². The molecule has 3 heteroatoms. The Kier molecular flexibility index (Phi) is 4.96. The molecule has 20 heavy (non-hydrogen) atoms. The zero-order valence-electron chi connectivity index (χ0n) is 12.8. The van der Waals surface area contributed by atoms with Crippen LogP contribution in [-0.2, 0) is 18.5 Å². The van der Waals surface area contributed by atoms with Gasteiger partial charge in [0.05, 0.1) is 6.33 Å². The third-order valence-electron chi connectivity index (χ3n) is 3.48. The summed E-state index contributed by atoms with van der Waals surface area (Å²) in [6, 6.07) is 8.93. The van der Waals surface area contributed by atoms with Crippen LogP contribution in [0.1, 0.15) is 38.3 Å². The Labute approximate surface area is 122 Å². The fraction of sp³-hybridized carbons (Fsp3) is 0.471. The lowest BCUT2D eigenvalue weighted by atomic mass is 9.87. The standard InChI is InChI=1S/C17H25N3/c1-17(2,3)16-7-5-15(6-8-16)13-18-9-4-11-20-12-10-19-14-20/h5-8,10,12,14,18H,4,9,11,13H2,1-3H3. The predicted molar refractivity (Wildman–Crippen MR) is 83.7 cm³/mol. The van der Waals surface area contributed by atoms with Gasteiger partial charge in [-0.3, -0.25) is 0 Å². The monoisotopic (exact) mass is 271 g/mol. The van der Waals surface area contributed by atoms with Crippen molar-refractivity contribution < 1.29 is 0 Å². The van der Waals surface area contributed by atoms with Crippen LogP contribution >= 0.6 is 0 Å². The quantitative estimate of drug-likeness (QED) is 0.816. The van der Waals surface area contributed by atoms with Crippen molar-refractivity contribution in [3.05, 3.63) is 54.1 Å². The first-order valence-electron chi connectivity index (χ1n) is 7.31. The van der Waals surface area contributed by atoms with Gasteiger partial charge in [0, 0.05) is 25.5 Å². The summed E-state index contributed by atoms with van der Waals surface area (Å²) in [5, 5.41) is 3.49. The Morgan fingerprint density at radius 3 is 2.50 bits per heavy atom. The average molecular weight is 271 g/mol. The highest BCUT2D eigenvalue weighted by Crippen LogP contribution is 2.22. The number of imidazole rings is 1. The number of rotatable bonds is 6. The first-order chi connectivity index (χ1) is 9.55. The van der Waals surface area contributed by atoms with Crippen LogP contribution in [0.2, 0.25) is 0 Å². The van der Waals surface area contributed by atoms with E-state index in [1.807, 2.05) is 18.7 Å². The fourth-order valence-electron chi connectivity index (χ4n) is 2.16. The molecule has 0 unspecified atom stereocenters. The second-order valence-corrected chi connectivity index (χ2v) is 6.28. The van der Waals surface area contributed by atoms with Crippen molar-refractivity contribution in [2.75, 3.05) is 6.54 Å². The number of hydrogen-bond acceptors (Lipinski definition) is 2. The summed E-state index contributed by atoms with van der Waals surface area (Å²) in [4.78, 5) is 4.04. The van der Waals surface area contributed by atoms with E-state index < -0.39 is 0 Å². The van der Waals surface area contributed by atoms with Crippen LogP contribution < -0.4 is 5.32 Å². The number of nitrogens with one attached hydrogen (secondary N) is 1. The molecular weight excluding hydrogens is 246 g/mol. The Morgan fingerprint density at radius 1 is 1.15 bits per heavy atom. The minimum atomic E-state index is 0.233. The van der Waals surface area contributed by atoms with E-state index in [1.54, 1.807) is 0 Å². The number of aryl methyl sites for hydroxylation is 1. The minimum absolute atomic E-state index is 0.233. The zero-order valence-corrected chi connectivity index (χ0v) is 12.8. The molecule has 0 saturated heterocycles. The Balaban J connectivity index is 1.69. The number of aromatic nitrogens is 2. The molecule has 2 rings (SSSR count). The molecule has 0 fully saturated rings. The van der Waals surface area contributed by atoms with Crippen LogP contribution in [0.25, 0.3) is 0 Å². The highest BCUT2D eigenvalue weighted by atomic mass is 15.0. The summed E-state index contributed by atoms with van der Waals surface area (Å²) in [5.41, 5.74) is 2.97. The molecule has 2 aromatic rings. The van der Waals surface area contributed by atoms with E-state index in [0.717, 1.165) is 26.1 Å². The van der Waals surface area contributed by atoms with E-state index in [0.29, 0.717) is 0 Å². The van der Waals surface area contributed by atoms with Gasteiger partial charge in [-0.05, 0) is 29.5 Å². The first-order valence-corrected chi connectivity index (χ1v) is 7.31. The second-order valence-electron chi connectivity index (χ2n) is 6.28. The van der Waals surface area contributed by atoms with Gasteiger partial charge >= 0.3 is 0 Å². The molecule has 0 amide bonds. The van der Waals surface area contributed by atoms with Crippen molar-refractivity contribution in [3.63, 3.8) is 0 Å². The van der Waals surface area contributed by atoms with Gasteiger partial charge in [0.2, 0.25) is 0 Å². The lowest BCUT2D eigenvalue weighted by molar-refractivity contribution is 0.578. The molecule has 108 valence electrons. The van der Waals surface area contributed by atoms with Gasteiger partial charge in [-0.2, -0.15) is 0 Å². The van der Waals surface area contributed by atoms with Crippen LogP contribution in [0.15, 0.2) is 43.0 Å². The number of benzene rings is 1. The molecule has 0 bridgehead atoms. The van der Waals surface area contributed by atoms with Crippen molar-refractivity contribution in [3.8, 4) is 0 Å². The summed E-state index contributed by atoms with van der Waals surface area (Å²) in [7, 11) is 0. The van der Waals surface area contributed by atoms with E-state index in [-0.39, 0.29) is 5.41 Å². The van der Waals surface area contributed by atoms with Crippen molar-refractivity contribution in [2.24, 2.45) is 0 Å². The van der Waals surface area contributed by atoms with Crippen molar-refractivity contribution in [1.82, 2.24) is 14.9 Å². The third kappa shape index (κ3) is 4.49. The summed E-state index contributed by atoms with van der Waals surface area (Å²) >= 11 is 0. The average Bonchev–Trinajstić information content (AvgIpc) is 2.91. The van der Waals surface area contributed by atoms with Gasteiger partial charge in [0.1, 0.15) is 0 Å². The predicted octanol–water partition coefficient (Wildman–Crippen LogP) is 3.36. The molecule has 1 aromatic heterocycles. The Hall–Kier alpha value is -1.61. The van der Waals surface area contributed by atoms with E-state index in [2.05, 4.69) is 59.9 Å². The SMILES string of the molecule is CC(C)(C)c1ccc(CNCCCn2ccnc2)cc1. The molecule has 1 heterocycles. The Bertz CT molecular complexity index is 492. The second kappa shape index (κ2) is 6.71. The van der Waals surface area contributed by atoms with Crippen LogP contribution in [-0.4, -0.2) is 16.1 Å². The van der Waals surface area contributed by atoms with Crippen molar-refractivity contribution in [2.45, 2.75) is 45.7 Å². The zero-order chi connectivity index (χ0) is 14.4. The number of hydrogen-bond donors (Lipinski definition) is 1. The maximum Gasteiger partial charge on any atom is 0.0945 e. The fourth-order valence-corrected chi connectivity index (χ4v) is 2.16. The van der Waals surface area contributed by atoms with E-state index in [1.165, 1.54) is 11.1 Å². The summed E-state index contributed by atoms with van der Waals surface area (Å²) in [5.74, 6) is 0. The maximum atomic E-state index is 4.04. The highest BCUT2D eigenvalue weighted by molar-refractivity contribution is 5.27. The van der Waals surface area contributed by atoms with Crippen molar-refractivity contribution >= 4 is 0 Å². The molecule has 1 N–H and O–H groups in total. The van der Waals surface area contributed by atoms with Crippen LogP contribution in [0, 0.1) is 0 Å². The van der Waals surface area contributed by atoms with Gasteiger partial charge in [-0.15, -0.1) is 0 Å². The molecule has 0 aliphatic carbocycles. The molecular formula is C17H25N3. The minimum Gasteiger partial charge on any atom is -0.337 e. The maximum absolute atomic E-state index is 4.04. The summed E-state index contributed by atoms with van der Waals surface area (Å²) in [6.45, 7) is 9.73. The largest absolute Gasteiger partial charge is 0.337 e. The lowest BCUT2D eigenvalue weighted by Crippen LogP contribution is -2.16. The summed E-state index contributed by atoms with van der Waals surface area (Å²) < 4.78 is 2.11. The van der Waals surface area contributed by atoms with Gasteiger partial charge in [-0.25, -0.2) is 4.98 Å². The van der Waals surface area contributed by atoms with Gasteiger partial charge < -0.3 is 9.88 Å². The third-order valence-corrected chi connectivity index (χ3v) is 3.48. The molecule has 0 saturated carbocycles. The van der Waals surface area contributed by atoms with E-state index in [9.17, 15) is 0 Å². The highest BCUT2D eigenvalue weighted by Gasteiger charge is 2.12. The van der Waals surface area contributed by atoms with Crippen LogP contribution in [0.5, 0.6) is 0 Å². The molecule has 0 aliphatic rings. The first kappa shape index (κ1) is 14.8. The van der Waals surface area contributed by atoms with E-state index in [4.69, 9.17) is 0 Å². The van der Waals surface area contributed by atoms with Crippen LogP contribution in [0.4, 0.5) is 0 Å².